The van der Waals surface area contributed by atoms with Gasteiger partial charge in [-0.05, 0) is 19.4 Å². The summed E-state index contributed by atoms with van der Waals surface area (Å²) in [6, 6.07) is 0.387. The third-order valence-electron chi connectivity index (χ3n) is 3.61. The molecule has 2 fully saturated rings. The highest BCUT2D eigenvalue weighted by Crippen LogP contribution is 2.14. The van der Waals surface area contributed by atoms with Crippen LogP contribution in [0.3, 0.4) is 0 Å². The summed E-state index contributed by atoms with van der Waals surface area (Å²) in [4.78, 5) is 26.6. The molecule has 18 heavy (non-hydrogen) atoms. The minimum atomic E-state index is -0.106. The molecule has 0 aliphatic carbocycles. The SMILES string of the molecule is NNC(=O)CCCCN1CCN2C(=O)NCC2C1. The van der Waals surface area contributed by atoms with Gasteiger partial charge in [-0.3, -0.25) is 15.1 Å². The van der Waals surface area contributed by atoms with Crippen molar-refractivity contribution in [2.75, 3.05) is 32.7 Å². The summed E-state index contributed by atoms with van der Waals surface area (Å²) >= 11 is 0. The van der Waals surface area contributed by atoms with Crippen LogP contribution in [0.1, 0.15) is 19.3 Å². The van der Waals surface area contributed by atoms with Gasteiger partial charge < -0.3 is 10.2 Å². The molecule has 0 aromatic heterocycles. The van der Waals surface area contributed by atoms with E-state index >= 15 is 0 Å². The Labute approximate surface area is 107 Å². The summed E-state index contributed by atoms with van der Waals surface area (Å²) in [7, 11) is 0. The van der Waals surface area contributed by atoms with Crippen LogP contribution in [0.2, 0.25) is 0 Å². The summed E-state index contributed by atoms with van der Waals surface area (Å²) in [5.74, 6) is 4.91. The molecule has 2 rings (SSSR count). The summed E-state index contributed by atoms with van der Waals surface area (Å²) in [5, 5.41) is 2.87. The molecule has 4 N–H and O–H groups in total. The topological polar surface area (TPSA) is 90.7 Å². The average Bonchev–Trinajstić information content (AvgIpc) is 2.76. The molecule has 7 nitrogen and oxygen atoms in total. The van der Waals surface area contributed by atoms with E-state index in [2.05, 4.69) is 15.6 Å². The number of urea groups is 1. The number of carbonyl (C=O) groups excluding carboxylic acids is 2. The number of nitrogens with two attached hydrogens (primary N) is 1. The van der Waals surface area contributed by atoms with E-state index in [0.29, 0.717) is 12.5 Å². The lowest BCUT2D eigenvalue weighted by Gasteiger charge is -2.36. The monoisotopic (exact) mass is 255 g/mol. The van der Waals surface area contributed by atoms with Crippen molar-refractivity contribution in [3.63, 3.8) is 0 Å². The Morgan fingerprint density at radius 2 is 2.28 bits per heavy atom. The number of rotatable bonds is 5. The van der Waals surface area contributed by atoms with Crippen LogP contribution in [-0.2, 0) is 4.79 Å². The molecular weight excluding hydrogens is 234 g/mol. The molecule has 2 aliphatic heterocycles. The van der Waals surface area contributed by atoms with Crippen LogP contribution < -0.4 is 16.6 Å². The number of piperazine rings is 1. The Morgan fingerprint density at radius 3 is 3.06 bits per heavy atom. The van der Waals surface area contributed by atoms with E-state index in [1.54, 1.807) is 0 Å². The number of hydrogen-bond donors (Lipinski definition) is 3. The van der Waals surface area contributed by atoms with Gasteiger partial charge in [0.25, 0.3) is 0 Å². The second kappa shape index (κ2) is 6.01. The molecule has 0 bridgehead atoms. The molecule has 0 saturated carbocycles. The van der Waals surface area contributed by atoms with Gasteiger partial charge >= 0.3 is 6.03 Å². The van der Waals surface area contributed by atoms with Gasteiger partial charge in [0.2, 0.25) is 5.91 Å². The molecule has 2 aliphatic rings. The minimum Gasteiger partial charge on any atom is -0.336 e. The van der Waals surface area contributed by atoms with Crippen LogP contribution in [0.15, 0.2) is 0 Å². The molecule has 1 atom stereocenters. The highest BCUT2D eigenvalue weighted by atomic mass is 16.2. The number of nitrogens with zero attached hydrogens (tertiary/aromatic N) is 2. The zero-order chi connectivity index (χ0) is 13.0. The third-order valence-corrected chi connectivity index (χ3v) is 3.61. The van der Waals surface area contributed by atoms with Crippen LogP contribution in [0.5, 0.6) is 0 Å². The lowest BCUT2D eigenvalue weighted by Crippen LogP contribution is -2.52. The van der Waals surface area contributed by atoms with Gasteiger partial charge in [0.1, 0.15) is 0 Å². The fraction of sp³-hybridized carbons (Fsp3) is 0.818. The van der Waals surface area contributed by atoms with Crippen molar-refractivity contribution in [1.29, 1.82) is 0 Å². The zero-order valence-corrected chi connectivity index (χ0v) is 10.5. The van der Waals surface area contributed by atoms with Crippen LogP contribution in [-0.4, -0.2) is 60.5 Å². The smallest absolute Gasteiger partial charge is 0.317 e. The number of carbonyl (C=O) groups is 2. The van der Waals surface area contributed by atoms with E-state index in [-0.39, 0.29) is 11.9 Å². The van der Waals surface area contributed by atoms with Crippen LogP contribution >= 0.6 is 0 Å². The van der Waals surface area contributed by atoms with Crippen molar-refractivity contribution < 1.29 is 9.59 Å². The van der Waals surface area contributed by atoms with Crippen molar-refractivity contribution in [2.45, 2.75) is 25.3 Å². The lowest BCUT2D eigenvalue weighted by atomic mass is 10.1. The maximum absolute atomic E-state index is 11.4. The molecule has 3 amide bonds. The first-order valence-electron chi connectivity index (χ1n) is 6.47. The van der Waals surface area contributed by atoms with Crippen molar-refractivity contribution in [1.82, 2.24) is 20.5 Å². The Kier molecular flexibility index (Phi) is 4.38. The predicted molar refractivity (Wildman–Crippen MR) is 66.5 cm³/mol. The maximum atomic E-state index is 11.4. The summed E-state index contributed by atoms with van der Waals surface area (Å²) in [6.07, 6.45) is 2.33. The molecule has 102 valence electrons. The van der Waals surface area contributed by atoms with Gasteiger partial charge in [-0.1, -0.05) is 0 Å². The maximum Gasteiger partial charge on any atom is 0.317 e. The first-order chi connectivity index (χ1) is 8.70. The highest BCUT2D eigenvalue weighted by molar-refractivity contribution is 5.77. The standard InChI is InChI=1S/C11H21N5O2/c12-14-10(17)3-1-2-4-15-5-6-16-9(8-15)7-13-11(16)18/h9H,1-8,12H2,(H,13,18)(H,14,17). The Hall–Kier alpha value is -1.34. The first kappa shape index (κ1) is 13.1. The van der Waals surface area contributed by atoms with Crippen molar-refractivity contribution >= 4 is 11.9 Å². The van der Waals surface area contributed by atoms with E-state index < -0.39 is 0 Å². The van der Waals surface area contributed by atoms with E-state index in [0.717, 1.165) is 45.6 Å². The van der Waals surface area contributed by atoms with Gasteiger partial charge in [-0.2, -0.15) is 0 Å². The summed E-state index contributed by atoms with van der Waals surface area (Å²) in [5.41, 5.74) is 2.13. The highest BCUT2D eigenvalue weighted by Gasteiger charge is 2.34. The molecule has 0 spiro atoms. The molecule has 0 aromatic rings. The molecule has 0 radical (unpaired) electrons. The molecule has 0 aromatic carbocycles. The van der Waals surface area contributed by atoms with Gasteiger partial charge in [-0.25, -0.2) is 10.6 Å². The Morgan fingerprint density at radius 1 is 1.44 bits per heavy atom. The summed E-state index contributed by atoms with van der Waals surface area (Å²) in [6.45, 7) is 4.40. The number of amides is 3. The molecule has 7 heteroatoms. The predicted octanol–water partition coefficient (Wildman–Crippen LogP) is -1.14. The quantitative estimate of drug-likeness (QED) is 0.250. The van der Waals surface area contributed by atoms with Gasteiger partial charge in [0, 0.05) is 32.6 Å². The normalized spacial score (nSPS) is 23.7. The lowest BCUT2D eigenvalue weighted by molar-refractivity contribution is -0.121. The van der Waals surface area contributed by atoms with Crippen molar-refractivity contribution in [3.8, 4) is 0 Å². The number of nitrogens with one attached hydrogen (secondary N) is 2. The van der Waals surface area contributed by atoms with Crippen molar-refractivity contribution in [2.24, 2.45) is 5.84 Å². The molecule has 1 unspecified atom stereocenters. The van der Waals surface area contributed by atoms with E-state index in [9.17, 15) is 9.59 Å². The van der Waals surface area contributed by atoms with Crippen LogP contribution in [0, 0.1) is 0 Å². The minimum absolute atomic E-state index is 0.0688. The number of fused-ring (bicyclic) bond motifs is 1. The second-order valence-electron chi connectivity index (χ2n) is 4.86. The zero-order valence-electron chi connectivity index (χ0n) is 10.5. The fourth-order valence-corrected chi connectivity index (χ4v) is 2.56. The van der Waals surface area contributed by atoms with E-state index in [1.807, 2.05) is 4.90 Å². The summed E-state index contributed by atoms with van der Waals surface area (Å²) < 4.78 is 0. The Balaban J connectivity index is 1.63. The molecule has 2 saturated heterocycles. The first-order valence-corrected chi connectivity index (χ1v) is 6.47. The second-order valence-corrected chi connectivity index (χ2v) is 4.86. The van der Waals surface area contributed by atoms with Crippen molar-refractivity contribution in [3.05, 3.63) is 0 Å². The number of hydrazine groups is 1. The Bertz CT molecular complexity index is 323. The molecular formula is C11H21N5O2. The number of hydrogen-bond acceptors (Lipinski definition) is 4. The van der Waals surface area contributed by atoms with Gasteiger partial charge in [0.15, 0.2) is 0 Å². The third kappa shape index (κ3) is 3.11. The van der Waals surface area contributed by atoms with Crippen LogP contribution in [0.25, 0.3) is 0 Å². The fourth-order valence-electron chi connectivity index (χ4n) is 2.56. The molecule has 2 heterocycles. The average molecular weight is 255 g/mol. The van der Waals surface area contributed by atoms with Gasteiger partial charge in [0.05, 0.1) is 6.04 Å². The van der Waals surface area contributed by atoms with Crippen LogP contribution in [0.4, 0.5) is 4.79 Å². The number of unbranched alkanes of at least 4 members (excludes halogenated alkanes) is 1. The van der Waals surface area contributed by atoms with Gasteiger partial charge in [-0.15, -0.1) is 0 Å². The largest absolute Gasteiger partial charge is 0.336 e. The van der Waals surface area contributed by atoms with E-state index in [4.69, 9.17) is 5.84 Å². The van der Waals surface area contributed by atoms with E-state index in [1.165, 1.54) is 0 Å².